The Morgan fingerprint density at radius 1 is 1.80 bits per heavy atom. The number of carbonyl (C=O) groups is 1. The fourth-order valence-corrected chi connectivity index (χ4v) is 1.89. The van der Waals surface area contributed by atoms with Gasteiger partial charge in [-0.15, -0.1) is 6.58 Å². The number of hydrogen-bond acceptors (Lipinski definition) is 4. The lowest BCUT2D eigenvalue weighted by Crippen LogP contribution is -2.30. The van der Waals surface area contributed by atoms with Crippen LogP contribution in [0.1, 0.15) is 18.5 Å². The lowest BCUT2D eigenvalue weighted by Gasteiger charge is -2.14. The van der Waals surface area contributed by atoms with Gasteiger partial charge >= 0.3 is 5.97 Å². The van der Waals surface area contributed by atoms with Crippen LogP contribution in [0.15, 0.2) is 29.5 Å². The summed E-state index contributed by atoms with van der Waals surface area (Å²) >= 11 is 1.56. The normalized spacial score (nSPS) is 12.1. The van der Waals surface area contributed by atoms with Crippen LogP contribution in [0.3, 0.4) is 0 Å². The molecule has 15 heavy (non-hydrogen) atoms. The fourth-order valence-electron chi connectivity index (χ4n) is 1.20. The Balaban J connectivity index is 2.69. The first-order chi connectivity index (χ1) is 7.29. The maximum atomic E-state index is 11.6. The number of thiophene rings is 1. The zero-order valence-electron chi connectivity index (χ0n) is 8.73. The van der Waals surface area contributed by atoms with Crippen molar-refractivity contribution in [2.75, 3.05) is 13.2 Å². The molecule has 4 heteroatoms. The predicted octanol–water partition coefficient (Wildman–Crippen LogP) is 2.13. The van der Waals surface area contributed by atoms with Crippen LogP contribution in [0, 0.1) is 0 Å². The van der Waals surface area contributed by atoms with Gasteiger partial charge in [0.15, 0.2) is 0 Å². The molecular formula is C11H15NO2S. The summed E-state index contributed by atoms with van der Waals surface area (Å²) in [6.45, 7) is 6.39. The van der Waals surface area contributed by atoms with Crippen molar-refractivity contribution in [3.8, 4) is 0 Å². The molecule has 0 saturated heterocycles. The maximum Gasteiger partial charge on any atom is 0.327 e. The molecule has 0 aliphatic rings. The van der Waals surface area contributed by atoms with E-state index >= 15 is 0 Å². The van der Waals surface area contributed by atoms with Crippen LogP contribution < -0.4 is 5.32 Å². The summed E-state index contributed by atoms with van der Waals surface area (Å²) in [5.74, 6) is -0.238. The molecule has 0 aliphatic carbocycles. The summed E-state index contributed by atoms with van der Waals surface area (Å²) in [6.07, 6.45) is 1.72. The van der Waals surface area contributed by atoms with Crippen molar-refractivity contribution in [1.82, 2.24) is 5.32 Å². The van der Waals surface area contributed by atoms with Gasteiger partial charge < -0.3 is 4.74 Å². The standard InChI is InChI=1S/C11H15NO2S/c1-3-6-12-10(11(13)14-4-2)9-5-7-15-8-9/h3,5,7-8,10,12H,1,4,6H2,2H3. The molecule has 1 N–H and O–H groups in total. The fraction of sp³-hybridized carbons (Fsp3) is 0.364. The van der Waals surface area contributed by atoms with E-state index in [0.29, 0.717) is 13.2 Å². The zero-order valence-corrected chi connectivity index (χ0v) is 9.55. The third-order valence-electron chi connectivity index (χ3n) is 1.87. The largest absolute Gasteiger partial charge is 0.465 e. The first kappa shape index (κ1) is 11.9. The SMILES string of the molecule is C=CCNC(C(=O)OCC)c1ccsc1. The van der Waals surface area contributed by atoms with Crippen molar-refractivity contribution < 1.29 is 9.53 Å². The van der Waals surface area contributed by atoms with E-state index in [9.17, 15) is 4.79 Å². The van der Waals surface area contributed by atoms with Crippen LogP contribution in [0.25, 0.3) is 0 Å². The summed E-state index contributed by atoms with van der Waals surface area (Å²) in [7, 11) is 0. The van der Waals surface area contributed by atoms with Crippen molar-refractivity contribution in [3.63, 3.8) is 0 Å². The van der Waals surface area contributed by atoms with Gasteiger partial charge in [0, 0.05) is 6.54 Å². The minimum Gasteiger partial charge on any atom is -0.465 e. The van der Waals surface area contributed by atoms with Gasteiger partial charge in [0.05, 0.1) is 6.61 Å². The van der Waals surface area contributed by atoms with E-state index in [1.54, 1.807) is 24.3 Å². The molecule has 3 nitrogen and oxygen atoms in total. The van der Waals surface area contributed by atoms with E-state index in [1.165, 1.54) is 0 Å². The Bertz CT molecular complexity index is 308. The van der Waals surface area contributed by atoms with Crippen LogP contribution in [0.4, 0.5) is 0 Å². The van der Waals surface area contributed by atoms with Crippen LogP contribution in [-0.2, 0) is 9.53 Å². The predicted molar refractivity (Wildman–Crippen MR) is 61.9 cm³/mol. The highest BCUT2D eigenvalue weighted by Crippen LogP contribution is 2.17. The first-order valence-corrected chi connectivity index (χ1v) is 5.77. The van der Waals surface area contributed by atoms with Gasteiger partial charge in [0.25, 0.3) is 0 Å². The molecule has 82 valence electrons. The minimum atomic E-state index is -0.380. The third kappa shape index (κ3) is 3.49. The van der Waals surface area contributed by atoms with E-state index in [1.807, 2.05) is 16.8 Å². The van der Waals surface area contributed by atoms with Gasteiger partial charge in [0.1, 0.15) is 6.04 Å². The van der Waals surface area contributed by atoms with Crippen molar-refractivity contribution in [3.05, 3.63) is 35.0 Å². The summed E-state index contributed by atoms with van der Waals surface area (Å²) in [4.78, 5) is 11.6. The zero-order chi connectivity index (χ0) is 11.1. The van der Waals surface area contributed by atoms with Crippen LogP contribution in [0.5, 0.6) is 0 Å². The van der Waals surface area contributed by atoms with Crippen molar-refractivity contribution in [2.24, 2.45) is 0 Å². The number of rotatable bonds is 6. The Morgan fingerprint density at radius 2 is 2.60 bits per heavy atom. The molecule has 1 heterocycles. The van der Waals surface area contributed by atoms with E-state index < -0.39 is 0 Å². The number of carbonyl (C=O) groups excluding carboxylic acids is 1. The van der Waals surface area contributed by atoms with E-state index in [2.05, 4.69) is 11.9 Å². The molecular weight excluding hydrogens is 210 g/mol. The molecule has 1 rings (SSSR count). The lowest BCUT2D eigenvalue weighted by atomic mass is 10.1. The van der Waals surface area contributed by atoms with Gasteiger partial charge in [0.2, 0.25) is 0 Å². The highest BCUT2D eigenvalue weighted by Gasteiger charge is 2.20. The summed E-state index contributed by atoms with van der Waals surface area (Å²) in [5.41, 5.74) is 0.945. The monoisotopic (exact) mass is 225 g/mol. The second kappa shape index (κ2) is 6.37. The second-order valence-corrected chi connectivity index (χ2v) is 3.72. The number of hydrogen-bond donors (Lipinski definition) is 1. The average Bonchev–Trinajstić information content (AvgIpc) is 2.72. The summed E-state index contributed by atoms with van der Waals surface area (Å²) in [6, 6.07) is 1.54. The van der Waals surface area contributed by atoms with Crippen LogP contribution in [-0.4, -0.2) is 19.1 Å². The summed E-state index contributed by atoms with van der Waals surface area (Å²) < 4.78 is 4.99. The van der Waals surface area contributed by atoms with Gasteiger partial charge in [-0.25, -0.2) is 4.79 Å². The molecule has 1 atom stereocenters. The van der Waals surface area contributed by atoms with Crippen LogP contribution in [0.2, 0.25) is 0 Å². The molecule has 0 saturated carbocycles. The molecule has 0 bridgehead atoms. The topological polar surface area (TPSA) is 38.3 Å². The summed E-state index contributed by atoms with van der Waals surface area (Å²) in [5, 5.41) is 6.95. The van der Waals surface area contributed by atoms with Crippen molar-refractivity contribution in [2.45, 2.75) is 13.0 Å². The third-order valence-corrected chi connectivity index (χ3v) is 2.57. The molecule has 0 spiro atoms. The molecule has 1 unspecified atom stereocenters. The highest BCUT2D eigenvalue weighted by molar-refractivity contribution is 7.08. The molecule has 0 aromatic carbocycles. The highest BCUT2D eigenvalue weighted by atomic mass is 32.1. The van der Waals surface area contributed by atoms with Crippen LogP contribution >= 0.6 is 11.3 Å². The van der Waals surface area contributed by atoms with Crippen molar-refractivity contribution in [1.29, 1.82) is 0 Å². The number of nitrogens with one attached hydrogen (secondary N) is 1. The van der Waals surface area contributed by atoms with Gasteiger partial charge in [-0.1, -0.05) is 6.08 Å². The molecule has 0 amide bonds. The number of ether oxygens (including phenoxy) is 1. The Labute approximate surface area is 93.8 Å². The average molecular weight is 225 g/mol. The van der Waals surface area contributed by atoms with E-state index in [4.69, 9.17) is 4.74 Å². The van der Waals surface area contributed by atoms with Gasteiger partial charge in [-0.2, -0.15) is 11.3 Å². The Hall–Kier alpha value is -1.13. The molecule has 1 aromatic rings. The Kier molecular flexibility index (Phi) is 5.07. The van der Waals surface area contributed by atoms with E-state index in [-0.39, 0.29) is 12.0 Å². The maximum absolute atomic E-state index is 11.6. The minimum absolute atomic E-state index is 0.238. The number of esters is 1. The quantitative estimate of drug-likeness (QED) is 0.595. The smallest absolute Gasteiger partial charge is 0.327 e. The Morgan fingerprint density at radius 3 is 3.13 bits per heavy atom. The van der Waals surface area contributed by atoms with E-state index in [0.717, 1.165) is 5.56 Å². The molecule has 1 aromatic heterocycles. The van der Waals surface area contributed by atoms with Gasteiger partial charge in [-0.05, 0) is 29.3 Å². The van der Waals surface area contributed by atoms with Crippen molar-refractivity contribution >= 4 is 17.3 Å². The van der Waals surface area contributed by atoms with Gasteiger partial charge in [-0.3, -0.25) is 5.32 Å². The first-order valence-electron chi connectivity index (χ1n) is 4.82. The lowest BCUT2D eigenvalue weighted by molar-refractivity contribution is -0.145. The molecule has 0 aliphatic heterocycles. The molecule has 0 fully saturated rings. The second-order valence-electron chi connectivity index (χ2n) is 2.94. The molecule has 0 radical (unpaired) electrons.